The van der Waals surface area contributed by atoms with E-state index in [9.17, 15) is 26.7 Å². The molecule has 0 aromatic heterocycles. The number of phenols is 1. The second-order valence-electron chi connectivity index (χ2n) is 7.29. The molecule has 2 aromatic rings. The zero-order valence-corrected chi connectivity index (χ0v) is 16.4. The van der Waals surface area contributed by atoms with Crippen LogP contribution in [0.5, 0.6) is 5.75 Å². The first-order valence-electron chi connectivity index (χ1n) is 9.27. The molecule has 158 valence electrons. The molecule has 0 amide bonds. The maximum Gasteiger partial charge on any atom is 0.389 e. The quantitative estimate of drug-likeness (QED) is 0.586. The molecule has 2 atom stereocenters. The van der Waals surface area contributed by atoms with Gasteiger partial charge in [-0.15, -0.1) is 0 Å². The molecule has 0 radical (unpaired) electrons. The first kappa shape index (κ1) is 21.4. The van der Waals surface area contributed by atoms with Crippen molar-refractivity contribution in [1.82, 2.24) is 0 Å². The second-order valence-corrected chi connectivity index (χ2v) is 9.13. The summed E-state index contributed by atoms with van der Waals surface area (Å²) < 4.78 is 63.4. The van der Waals surface area contributed by atoms with Crippen LogP contribution >= 0.6 is 0 Å². The summed E-state index contributed by atoms with van der Waals surface area (Å²) >= 11 is 0. The van der Waals surface area contributed by atoms with E-state index in [2.05, 4.69) is 4.72 Å². The molecule has 5 nitrogen and oxygen atoms in total. The second kappa shape index (κ2) is 8.23. The van der Waals surface area contributed by atoms with E-state index in [1.807, 2.05) is 24.3 Å². The first-order valence-corrected chi connectivity index (χ1v) is 10.9. The highest BCUT2D eigenvalue weighted by atomic mass is 32.2. The molecule has 1 aliphatic rings. The number of alkyl halides is 3. The molecule has 0 saturated carbocycles. The van der Waals surface area contributed by atoms with E-state index < -0.39 is 34.8 Å². The summed E-state index contributed by atoms with van der Waals surface area (Å²) in [6, 6.07) is 12.1. The van der Waals surface area contributed by atoms with Crippen LogP contribution in [-0.2, 0) is 16.4 Å². The van der Waals surface area contributed by atoms with Crippen LogP contribution in [0.1, 0.15) is 35.4 Å². The van der Waals surface area contributed by atoms with Crippen LogP contribution in [0.2, 0.25) is 0 Å². The van der Waals surface area contributed by atoms with E-state index in [1.165, 1.54) is 18.2 Å². The number of sulfonamides is 1. The number of anilines is 1. The highest BCUT2D eigenvalue weighted by Gasteiger charge is 2.34. The number of halogens is 3. The Kier molecular flexibility index (Phi) is 6.09. The van der Waals surface area contributed by atoms with Crippen LogP contribution in [0.25, 0.3) is 0 Å². The minimum atomic E-state index is -4.39. The molecule has 4 N–H and O–H groups in total. The normalized spacial score (nSPS) is 19.2. The van der Waals surface area contributed by atoms with E-state index >= 15 is 0 Å². The molecule has 3 rings (SSSR count). The van der Waals surface area contributed by atoms with Gasteiger partial charge in [-0.05, 0) is 54.6 Å². The molecule has 0 aliphatic heterocycles. The minimum absolute atomic E-state index is 0.0187. The van der Waals surface area contributed by atoms with Crippen molar-refractivity contribution in [3.8, 4) is 5.75 Å². The van der Waals surface area contributed by atoms with Gasteiger partial charge in [-0.25, -0.2) is 8.42 Å². The number of benzene rings is 2. The summed E-state index contributed by atoms with van der Waals surface area (Å²) in [6.45, 7) is 0.395. The van der Waals surface area contributed by atoms with Crippen LogP contribution in [0, 0.1) is 5.92 Å². The zero-order chi connectivity index (χ0) is 21.2. The highest BCUT2D eigenvalue weighted by molar-refractivity contribution is 7.92. The lowest BCUT2D eigenvalue weighted by atomic mass is 9.85. The molecule has 2 aromatic carbocycles. The number of nitrogens with two attached hydrogens (primary N) is 1. The summed E-state index contributed by atoms with van der Waals surface area (Å²) in [5.74, 6) is -0.756. The molecular weight excluding hydrogens is 405 g/mol. The molecule has 29 heavy (non-hydrogen) atoms. The van der Waals surface area contributed by atoms with E-state index in [0.29, 0.717) is 12.1 Å². The Morgan fingerprint density at radius 2 is 1.86 bits per heavy atom. The number of rotatable bonds is 7. The smallest absolute Gasteiger partial charge is 0.389 e. The van der Waals surface area contributed by atoms with Gasteiger partial charge < -0.3 is 10.8 Å². The van der Waals surface area contributed by atoms with Gasteiger partial charge in [0.2, 0.25) is 10.0 Å². The number of aromatic hydroxyl groups is 1. The monoisotopic (exact) mass is 428 g/mol. The fourth-order valence-corrected chi connectivity index (χ4v) is 4.99. The summed E-state index contributed by atoms with van der Waals surface area (Å²) in [7, 11) is -3.95. The molecule has 0 heterocycles. The zero-order valence-electron chi connectivity index (χ0n) is 15.6. The number of hydrogen-bond donors (Lipinski definition) is 3. The van der Waals surface area contributed by atoms with E-state index in [4.69, 9.17) is 5.73 Å². The predicted octanol–water partition coefficient (Wildman–Crippen LogP) is 3.74. The maximum atomic E-state index is 12.3. The van der Waals surface area contributed by atoms with Crippen LogP contribution in [0.3, 0.4) is 0 Å². The Balaban J connectivity index is 1.83. The van der Waals surface area contributed by atoms with Crippen molar-refractivity contribution in [3.05, 3.63) is 59.2 Å². The number of hydrogen-bond acceptors (Lipinski definition) is 4. The third kappa shape index (κ3) is 5.22. The van der Waals surface area contributed by atoms with Crippen LogP contribution in [0.4, 0.5) is 18.9 Å². The summed E-state index contributed by atoms with van der Waals surface area (Å²) in [6.07, 6.45) is -5.32. The van der Waals surface area contributed by atoms with Crippen molar-refractivity contribution in [1.29, 1.82) is 0 Å². The molecular formula is C20H23F3N2O3S. The summed E-state index contributed by atoms with van der Waals surface area (Å²) in [4.78, 5) is 0. The van der Waals surface area contributed by atoms with Gasteiger partial charge in [0.25, 0.3) is 0 Å². The van der Waals surface area contributed by atoms with Gasteiger partial charge in [0, 0.05) is 23.6 Å². The average molecular weight is 428 g/mol. The molecule has 0 unspecified atom stereocenters. The van der Waals surface area contributed by atoms with Crippen LogP contribution < -0.4 is 10.5 Å². The van der Waals surface area contributed by atoms with Gasteiger partial charge in [-0.2, -0.15) is 13.2 Å². The Bertz CT molecular complexity index is 977. The van der Waals surface area contributed by atoms with E-state index in [-0.39, 0.29) is 23.3 Å². The van der Waals surface area contributed by atoms with Gasteiger partial charge in [0.05, 0.1) is 5.75 Å². The third-order valence-electron chi connectivity index (χ3n) is 5.16. The van der Waals surface area contributed by atoms with Crippen LogP contribution in [0.15, 0.2) is 42.5 Å². The standard InChI is InChI=1S/C20H23F3N2O3S/c21-20(22,23)8-3-9-29(27,28)25-15-6-7-18(26)17(11-15)19-14(12-24)10-13-4-1-2-5-16(13)19/h1-2,4-7,11,14,19,25-26H,3,8-10,12,24H2/t14-,19-/m0/s1. The Labute approximate surface area is 167 Å². The number of phenolic OH excluding ortho intramolecular Hbond substituents is 1. The number of nitrogens with one attached hydrogen (secondary N) is 1. The Hall–Kier alpha value is -2.26. The highest BCUT2D eigenvalue weighted by Crippen LogP contribution is 2.45. The van der Waals surface area contributed by atoms with Gasteiger partial charge >= 0.3 is 6.18 Å². The van der Waals surface area contributed by atoms with Crippen LogP contribution in [-0.4, -0.2) is 32.0 Å². The molecule has 0 bridgehead atoms. The fraction of sp³-hybridized carbons (Fsp3) is 0.400. The minimum Gasteiger partial charge on any atom is -0.508 e. The fourth-order valence-electron chi connectivity index (χ4n) is 3.88. The Morgan fingerprint density at radius 1 is 1.14 bits per heavy atom. The van der Waals surface area contributed by atoms with Gasteiger partial charge in [-0.3, -0.25) is 4.72 Å². The van der Waals surface area contributed by atoms with E-state index in [0.717, 1.165) is 17.5 Å². The largest absolute Gasteiger partial charge is 0.508 e. The van der Waals surface area contributed by atoms with Crippen molar-refractivity contribution < 1.29 is 26.7 Å². The van der Waals surface area contributed by atoms with Crippen molar-refractivity contribution in [3.63, 3.8) is 0 Å². The van der Waals surface area contributed by atoms with Crippen molar-refractivity contribution in [2.75, 3.05) is 17.0 Å². The Morgan fingerprint density at radius 3 is 2.55 bits per heavy atom. The van der Waals surface area contributed by atoms with Crippen molar-refractivity contribution in [2.45, 2.75) is 31.4 Å². The third-order valence-corrected chi connectivity index (χ3v) is 6.53. The summed E-state index contributed by atoms with van der Waals surface area (Å²) in [5, 5.41) is 10.4. The molecule has 0 saturated heterocycles. The summed E-state index contributed by atoms with van der Waals surface area (Å²) in [5.41, 5.74) is 8.84. The topological polar surface area (TPSA) is 92.4 Å². The first-order chi connectivity index (χ1) is 13.6. The lowest BCUT2D eigenvalue weighted by Gasteiger charge is -2.21. The molecule has 0 fully saturated rings. The maximum absolute atomic E-state index is 12.3. The van der Waals surface area contributed by atoms with Gasteiger partial charge in [0.1, 0.15) is 5.75 Å². The van der Waals surface area contributed by atoms with Gasteiger partial charge in [-0.1, -0.05) is 24.3 Å². The van der Waals surface area contributed by atoms with Crippen molar-refractivity contribution in [2.24, 2.45) is 11.7 Å². The molecule has 0 spiro atoms. The molecule has 1 aliphatic carbocycles. The van der Waals surface area contributed by atoms with E-state index in [1.54, 1.807) is 0 Å². The number of fused-ring (bicyclic) bond motifs is 1. The average Bonchev–Trinajstić information content (AvgIpc) is 3.00. The predicted molar refractivity (Wildman–Crippen MR) is 105 cm³/mol. The molecule has 9 heteroatoms. The van der Waals surface area contributed by atoms with Gasteiger partial charge in [0.15, 0.2) is 0 Å². The lowest BCUT2D eigenvalue weighted by Crippen LogP contribution is -2.21. The lowest BCUT2D eigenvalue weighted by molar-refractivity contribution is -0.134. The van der Waals surface area contributed by atoms with Crippen molar-refractivity contribution >= 4 is 15.7 Å². The SMILES string of the molecule is NC[C@@H]1Cc2ccccc2[C@H]1c1cc(NS(=O)(=O)CCCC(F)(F)F)ccc1O.